The summed E-state index contributed by atoms with van der Waals surface area (Å²) >= 11 is 1.61. The molecule has 0 atom stereocenters. The van der Waals surface area contributed by atoms with Crippen molar-refractivity contribution in [1.29, 1.82) is 0 Å². The molecule has 0 aliphatic rings. The lowest BCUT2D eigenvalue weighted by Gasteiger charge is -2.09. The molecule has 1 heterocycles. The molecule has 0 bridgehead atoms. The van der Waals surface area contributed by atoms with E-state index < -0.39 is 0 Å². The van der Waals surface area contributed by atoms with E-state index in [0.29, 0.717) is 5.82 Å². The molecule has 0 spiro atoms. The second-order valence-electron chi connectivity index (χ2n) is 4.39. The zero-order chi connectivity index (χ0) is 13.9. The number of benzene rings is 2. The van der Waals surface area contributed by atoms with Crippen molar-refractivity contribution in [2.24, 2.45) is 0 Å². The van der Waals surface area contributed by atoms with E-state index >= 15 is 0 Å². The van der Waals surface area contributed by atoms with Crippen LogP contribution in [0.5, 0.6) is 0 Å². The van der Waals surface area contributed by atoms with Gasteiger partial charge >= 0.3 is 0 Å². The molecule has 0 aliphatic heterocycles. The average Bonchev–Trinajstić information content (AvgIpc) is 2.96. The summed E-state index contributed by atoms with van der Waals surface area (Å²) in [6, 6.07) is 14.0. The lowest BCUT2D eigenvalue weighted by atomic mass is 10.2. The van der Waals surface area contributed by atoms with Crippen LogP contribution in [0.25, 0.3) is 11.4 Å². The van der Waals surface area contributed by atoms with Crippen LogP contribution in [0.15, 0.2) is 52.3 Å². The van der Waals surface area contributed by atoms with Crippen LogP contribution in [0, 0.1) is 6.92 Å². The molecule has 3 rings (SSSR count). The molecule has 0 saturated carbocycles. The molecule has 20 heavy (non-hydrogen) atoms. The Morgan fingerprint density at radius 2 is 1.95 bits per heavy atom. The van der Waals surface area contributed by atoms with Gasteiger partial charge in [-0.15, -0.1) is 5.10 Å². The molecule has 3 N–H and O–H groups in total. The van der Waals surface area contributed by atoms with Crippen molar-refractivity contribution in [3.8, 4) is 11.4 Å². The highest BCUT2D eigenvalue weighted by molar-refractivity contribution is 7.99. The molecular formula is C14H13N5S. The normalized spacial score (nSPS) is 10.7. The zero-order valence-electron chi connectivity index (χ0n) is 10.9. The van der Waals surface area contributed by atoms with Gasteiger partial charge in [-0.2, -0.15) is 0 Å². The fourth-order valence-corrected chi connectivity index (χ4v) is 2.87. The summed E-state index contributed by atoms with van der Waals surface area (Å²) in [7, 11) is 0. The standard InChI is InChI=1S/C14H13N5S/c1-9-6-7-13(11(15)8-9)20-12-5-3-2-4-10(12)14-16-18-19-17-14/h2-8H,15H2,1H3,(H,16,17,18,19). The molecule has 5 nitrogen and oxygen atoms in total. The van der Waals surface area contributed by atoms with Crippen molar-refractivity contribution < 1.29 is 0 Å². The number of anilines is 1. The minimum atomic E-state index is 0.652. The van der Waals surface area contributed by atoms with Crippen LogP contribution in [0.3, 0.4) is 0 Å². The Hall–Kier alpha value is -2.34. The van der Waals surface area contributed by atoms with Gasteiger partial charge in [-0.05, 0) is 47.2 Å². The van der Waals surface area contributed by atoms with E-state index in [9.17, 15) is 0 Å². The van der Waals surface area contributed by atoms with Crippen molar-refractivity contribution in [2.45, 2.75) is 16.7 Å². The number of rotatable bonds is 3. The predicted octanol–water partition coefficient (Wildman–Crippen LogP) is 2.91. The largest absolute Gasteiger partial charge is 0.398 e. The van der Waals surface area contributed by atoms with Crippen LogP contribution in [-0.2, 0) is 0 Å². The maximum absolute atomic E-state index is 6.07. The van der Waals surface area contributed by atoms with Gasteiger partial charge in [-0.3, -0.25) is 0 Å². The predicted molar refractivity (Wildman–Crippen MR) is 79.3 cm³/mol. The van der Waals surface area contributed by atoms with Gasteiger partial charge in [-0.1, -0.05) is 30.0 Å². The van der Waals surface area contributed by atoms with Crippen molar-refractivity contribution in [3.05, 3.63) is 48.0 Å². The lowest BCUT2D eigenvalue weighted by molar-refractivity contribution is 0.881. The Bertz CT molecular complexity index is 724. The van der Waals surface area contributed by atoms with Gasteiger partial charge in [0, 0.05) is 21.0 Å². The molecule has 3 aromatic rings. The third-order valence-electron chi connectivity index (χ3n) is 2.87. The van der Waals surface area contributed by atoms with Gasteiger partial charge in [0.15, 0.2) is 5.82 Å². The average molecular weight is 283 g/mol. The third kappa shape index (κ3) is 2.50. The van der Waals surface area contributed by atoms with E-state index in [1.165, 1.54) is 0 Å². The zero-order valence-corrected chi connectivity index (χ0v) is 11.7. The maximum Gasteiger partial charge on any atom is 0.180 e. The molecule has 100 valence electrons. The lowest BCUT2D eigenvalue weighted by Crippen LogP contribution is -1.90. The molecule has 2 aromatic carbocycles. The summed E-state index contributed by atoms with van der Waals surface area (Å²) in [5.74, 6) is 0.652. The smallest absolute Gasteiger partial charge is 0.180 e. The van der Waals surface area contributed by atoms with E-state index in [-0.39, 0.29) is 0 Å². The van der Waals surface area contributed by atoms with E-state index in [1.54, 1.807) is 11.8 Å². The number of nitrogens with zero attached hydrogens (tertiary/aromatic N) is 3. The second-order valence-corrected chi connectivity index (χ2v) is 5.47. The van der Waals surface area contributed by atoms with Crippen LogP contribution in [-0.4, -0.2) is 20.6 Å². The summed E-state index contributed by atoms with van der Waals surface area (Å²) in [6.07, 6.45) is 0. The number of hydrogen-bond donors (Lipinski definition) is 2. The second kappa shape index (κ2) is 5.34. The van der Waals surface area contributed by atoms with Crippen LogP contribution in [0.2, 0.25) is 0 Å². The summed E-state index contributed by atoms with van der Waals surface area (Å²) in [5.41, 5.74) is 8.96. The summed E-state index contributed by atoms with van der Waals surface area (Å²) in [5, 5.41) is 14.0. The quantitative estimate of drug-likeness (QED) is 0.722. The maximum atomic E-state index is 6.07. The van der Waals surface area contributed by atoms with Gasteiger partial charge in [0.05, 0.1) is 0 Å². The van der Waals surface area contributed by atoms with E-state index in [0.717, 1.165) is 26.6 Å². The van der Waals surface area contributed by atoms with Crippen LogP contribution >= 0.6 is 11.8 Å². The first-order valence-electron chi connectivity index (χ1n) is 6.11. The monoisotopic (exact) mass is 283 g/mol. The summed E-state index contributed by atoms with van der Waals surface area (Å²) in [4.78, 5) is 2.08. The Labute approximate surface area is 120 Å². The number of H-pyrrole nitrogens is 1. The number of nitrogen functional groups attached to an aromatic ring is 1. The molecular weight excluding hydrogens is 270 g/mol. The SMILES string of the molecule is Cc1ccc(Sc2ccccc2-c2nnn[nH]2)c(N)c1. The number of tetrazole rings is 1. The van der Waals surface area contributed by atoms with Crippen molar-refractivity contribution in [2.75, 3.05) is 5.73 Å². The van der Waals surface area contributed by atoms with Gasteiger partial charge in [0.2, 0.25) is 0 Å². The third-order valence-corrected chi connectivity index (χ3v) is 4.04. The molecule has 1 aromatic heterocycles. The van der Waals surface area contributed by atoms with Gasteiger partial charge in [-0.25, -0.2) is 5.10 Å². The first kappa shape index (κ1) is 12.7. The minimum Gasteiger partial charge on any atom is -0.398 e. The molecule has 6 heteroatoms. The number of aromatic amines is 1. The summed E-state index contributed by atoms with van der Waals surface area (Å²) in [6.45, 7) is 2.03. The van der Waals surface area contributed by atoms with Crippen molar-refractivity contribution in [3.63, 3.8) is 0 Å². The number of hydrogen-bond acceptors (Lipinski definition) is 5. The molecule has 0 fully saturated rings. The van der Waals surface area contributed by atoms with Crippen LogP contribution < -0.4 is 5.73 Å². The fourth-order valence-electron chi connectivity index (χ4n) is 1.90. The first-order valence-corrected chi connectivity index (χ1v) is 6.93. The number of nitrogens with two attached hydrogens (primary N) is 1. The highest BCUT2D eigenvalue weighted by Crippen LogP contribution is 2.37. The van der Waals surface area contributed by atoms with Gasteiger partial charge in [0.1, 0.15) is 0 Å². The van der Waals surface area contributed by atoms with Crippen molar-refractivity contribution in [1.82, 2.24) is 20.6 Å². The highest BCUT2D eigenvalue weighted by atomic mass is 32.2. The van der Waals surface area contributed by atoms with E-state index in [2.05, 4.69) is 26.7 Å². The summed E-state index contributed by atoms with van der Waals surface area (Å²) < 4.78 is 0. The fraction of sp³-hybridized carbons (Fsp3) is 0.0714. The van der Waals surface area contributed by atoms with Crippen LogP contribution in [0.1, 0.15) is 5.56 Å². The minimum absolute atomic E-state index is 0.652. The Kier molecular flexibility index (Phi) is 3.39. The number of aryl methyl sites for hydroxylation is 1. The molecule has 0 aliphatic carbocycles. The van der Waals surface area contributed by atoms with Crippen molar-refractivity contribution >= 4 is 17.4 Å². The van der Waals surface area contributed by atoms with Gasteiger partial charge in [0.25, 0.3) is 0 Å². The highest BCUT2D eigenvalue weighted by Gasteiger charge is 2.10. The molecule has 0 unspecified atom stereocenters. The van der Waals surface area contributed by atoms with E-state index in [1.807, 2.05) is 43.3 Å². The number of nitrogens with one attached hydrogen (secondary N) is 1. The topological polar surface area (TPSA) is 80.5 Å². The Morgan fingerprint density at radius 3 is 2.70 bits per heavy atom. The number of aromatic nitrogens is 4. The Morgan fingerprint density at radius 1 is 1.10 bits per heavy atom. The van der Waals surface area contributed by atoms with Crippen LogP contribution in [0.4, 0.5) is 5.69 Å². The molecule has 0 amide bonds. The Balaban J connectivity index is 1.99. The van der Waals surface area contributed by atoms with E-state index in [4.69, 9.17) is 5.73 Å². The molecule has 0 radical (unpaired) electrons. The molecule has 0 saturated heterocycles. The van der Waals surface area contributed by atoms with Gasteiger partial charge < -0.3 is 5.73 Å². The first-order chi connectivity index (χ1) is 9.74.